The number of amides is 8. The predicted octanol–water partition coefficient (Wildman–Crippen LogP) is 5.89. The number of phenolic OH excluding ortho intramolecular Hbond substituents is 3. The van der Waals surface area contributed by atoms with Gasteiger partial charge in [0.15, 0.2) is 0 Å². The molecule has 8 amide bonds. The molecule has 6 aromatic rings. The van der Waals surface area contributed by atoms with Crippen LogP contribution in [0.1, 0.15) is 127 Å². The van der Waals surface area contributed by atoms with Gasteiger partial charge in [0, 0.05) is 37.7 Å². The summed E-state index contributed by atoms with van der Waals surface area (Å²) < 4.78 is 15.5. The summed E-state index contributed by atoms with van der Waals surface area (Å²) in [5.41, 5.74) is 19.3. The summed E-state index contributed by atoms with van der Waals surface area (Å²) in [4.78, 5) is 119. The second-order valence-corrected chi connectivity index (χ2v) is 20.9. The van der Waals surface area contributed by atoms with Crippen LogP contribution < -0.4 is 38.5 Å². The van der Waals surface area contributed by atoms with Crippen molar-refractivity contribution in [1.29, 1.82) is 0 Å². The first kappa shape index (κ1) is 65.8. The van der Waals surface area contributed by atoms with Crippen LogP contribution in [-0.4, -0.2) is 125 Å². The first-order valence-electron chi connectivity index (χ1n) is 28.1. The van der Waals surface area contributed by atoms with Crippen molar-refractivity contribution in [3.63, 3.8) is 0 Å². The van der Waals surface area contributed by atoms with Crippen LogP contribution in [0, 0.1) is 17.8 Å². The molecule has 0 aliphatic carbocycles. The van der Waals surface area contributed by atoms with E-state index < -0.39 is 60.4 Å². The Morgan fingerprint density at radius 3 is 1.14 bits per heavy atom. The number of nitrogens with one attached hydrogen (secondary N) is 4. The highest BCUT2D eigenvalue weighted by atomic mass is 19.1. The number of carbonyl (C=O) groups is 9. The lowest BCUT2D eigenvalue weighted by Gasteiger charge is -2.38. The van der Waals surface area contributed by atoms with Crippen LogP contribution in [0.2, 0.25) is 0 Å². The lowest BCUT2D eigenvalue weighted by molar-refractivity contribution is -0.147. The standard InChI is InChI=1S/2C20H22N4O4.C12H17NO.C8H7N3O4.CH3F/c2*1-12-2-7-17(13-3-5-16(25)6-4-13)24(11-12)20(28)19(27)23-15-8-14(18(21)26)9-22-10-15;1-9-2-7-12(13-8-9)10-3-5-11(14)6-4-10;9-6(12)4-1-5(3-10-2-4)11-7(13)8(14)15;1-2/h2*3-6,8-10,12,17,25H,2,7,11H2,1H3,(H2,21,26)(H,23,27);3-6,9,12-14H,2,7-8H2,1H3;1-3H,(H2,9,12)(H,11,13)(H,14,15);1H3/t2*12-,17+;;;/m10.../s1/i;;;;1D. The van der Waals surface area contributed by atoms with Crippen LogP contribution in [0.25, 0.3) is 0 Å². The van der Waals surface area contributed by atoms with Crippen LogP contribution in [0.3, 0.4) is 0 Å². The molecule has 3 saturated heterocycles. The molecule has 26 heteroatoms. The number of phenols is 3. The van der Waals surface area contributed by atoms with Crippen molar-refractivity contribution in [2.45, 2.75) is 77.4 Å². The third kappa shape index (κ3) is 20.4. The number of aliphatic carboxylic acids is 1. The maximum absolute atomic E-state index is 12.9. The largest absolute Gasteiger partial charge is 0.508 e. The van der Waals surface area contributed by atoms with Crippen LogP contribution in [0.4, 0.5) is 21.5 Å². The van der Waals surface area contributed by atoms with E-state index in [2.05, 4.69) is 37.8 Å². The molecule has 0 radical (unpaired) electrons. The van der Waals surface area contributed by atoms with Gasteiger partial charge >= 0.3 is 35.5 Å². The number of halogens is 1. The molecule has 9 rings (SSSR count). The highest BCUT2D eigenvalue weighted by Crippen LogP contribution is 2.36. The topological polar surface area (TPSA) is 406 Å². The van der Waals surface area contributed by atoms with E-state index in [1.54, 1.807) is 70.5 Å². The number of carbonyl (C=O) groups excluding carboxylic acids is 8. The van der Waals surface area contributed by atoms with Crippen LogP contribution in [0.5, 0.6) is 17.2 Å². The number of benzene rings is 3. The van der Waals surface area contributed by atoms with E-state index in [4.69, 9.17) is 23.7 Å². The number of hydrogen-bond acceptors (Lipinski definition) is 16. The Balaban J connectivity index is 0.000000220. The summed E-state index contributed by atoms with van der Waals surface area (Å²) in [7, 11) is -1.00. The van der Waals surface area contributed by atoms with E-state index in [0.29, 0.717) is 24.9 Å². The van der Waals surface area contributed by atoms with Gasteiger partial charge in [-0.15, -0.1) is 0 Å². The Morgan fingerprint density at radius 2 is 0.828 bits per heavy atom. The summed E-state index contributed by atoms with van der Waals surface area (Å²) in [5, 5.41) is 47.0. The molecule has 6 heterocycles. The Labute approximate surface area is 502 Å². The van der Waals surface area contributed by atoms with E-state index in [0.717, 1.165) is 49.3 Å². The first-order chi connectivity index (χ1) is 41.9. The maximum atomic E-state index is 12.9. The molecule has 0 saturated carbocycles. The fraction of sp³-hybridized carbons (Fsp3) is 0.311. The molecule has 2 unspecified atom stereocenters. The zero-order valence-corrected chi connectivity index (χ0v) is 48.0. The van der Waals surface area contributed by atoms with Crippen molar-refractivity contribution >= 4 is 70.3 Å². The number of alkyl halides is 1. The molecular formula is C61H71FN12O13. The molecule has 0 bridgehead atoms. The predicted molar refractivity (Wildman–Crippen MR) is 318 cm³/mol. The fourth-order valence-electron chi connectivity index (χ4n) is 9.57. The summed E-state index contributed by atoms with van der Waals surface area (Å²) in [6.45, 7) is 8.36. The van der Waals surface area contributed by atoms with Crippen molar-refractivity contribution < 1.29 is 69.3 Å². The average Bonchev–Trinajstić information content (AvgIpc) is 1.68. The van der Waals surface area contributed by atoms with E-state index in [9.17, 15) is 62.9 Å². The smallest absolute Gasteiger partial charge is 0.394 e. The number of nitrogens with zero attached hydrogens (tertiary/aromatic N) is 5. The molecule has 3 aliphatic heterocycles. The Bertz CT molecular complexity index is 3240. The summed E-state index contributed by atoms with van der Waals surface area (Å²) in [6, 6.07) is 24.8. The lowest BCUT2D eigenvalue weighted by atomic mass is 9.89. The van der Waals surface area contributed by atoms with Gasteiger partial charge in [0.2, 0.25) is 17.7 Å². The van der Waals surface area contributed by atoms with Crippen LogP contribution >= 0.6 is 0 Å². The van der Waals surface area contributed by atoms with Gasteiger partial charge in [0.05, 0.1) is 73.0 Å². The quantitative estimate of drug-likeness (QED) is 0.0751. The maximum Gasteiger partial charge on any atom is 0.394 e. The fourth-order valence-corrected chi connectivity index (χ4v) is 9.57. The number of pyridine rings is 3. The number of primary amides is 3. The summed E-state index contributed by atoms with van der Waals surface area (Å²) in [5.74, 6) is -5.86. The van der Waals surface area contributed by atoms with Gasteiger partial charge in [-0.05, 0) is 134 Å². The molecule has 3 aromatic carbocycles. The average molecular weight is 1200 g/mol. The number of anilines is 3. The van der Waals surface area contributed by atoms with Crippen molar-refractivity contribution in [2.75, 3.05) is 42.7 Å². The number of carboxylic acids is 1. The van der Waals surface area contributed by atoms with Gasteiger partial charge in [-0.25, -0.2) is 4.79 Å². The number of aromatic hydroxyl groups is 3. The number of likely N-dealkylation sites (tertiary alicyclic amines) is 2. The minimum atomic E-state index is -1.63. The van der Waals surface area contributed by atoms with E-state index in [1.165, 1.54) is 73.8 Å². The van der Waals surface area contributed by atoms with Crippen molar-refractivity contribution in [3.05, 3.63) is 162 Å². The Morgan fingerprint density at radius 1 is 0.506 bits per heavy atom. The molecule has 3 aromatic heterocycles. The normalized spacial score (nSPS) is 18.6. The third-order valence-corrected chi connectivity index (χ3v) is 14.1. The zero-order chi connectivity index (χ0) is 64.6. The molecule has 14 N–H and O–H groups in total. The molecule has 3 fully saturated rings. The molecule has 6 atom stereocenters. The van der Waals surface area contributed by atoms with E-state index in [1.807, 2.05) is 31.3 Å². The number of nitrogens with two attached hydrogens (primary N) is 3. The second-order valence-electron chi connectivity index (χ2n) is 20.9. The lowest BCUT2D eigenvalue weighted by Crippen LogP contribution is -2.46. The zero-order valence-electron chi connectivity index (χ0n) is 49.0. The third-order valence-electron chi connectivity index (χ3n) is 14.1. The number of hydrogen-bond donors (Lipinski definition) is 11. The number of aromatic nitrogens is 3. The van der Waals surface area contributed by atoms with Gasteiger partial charge < -0.3 is 68.7 Å². The van der Waals surface area contributed by atoms with Crippen LogP contribution in [0.15, 0.2) is 128 Å². The number of carboxylic acid groups (broad SMARTS) is 1. The number of rotatable bonds is 9. The van der Waals surface area contributed by atoms with E-state index in [-0.39, 0.29) is 69.2 Å². The molecule has 0 spiro atoms. The van der Waals surface area contributed by atoms with Gasteiger partial charge in [-0.2, -0.15) is 0 Å². The Hall–Kier alpha value is -10.4. The van der Waals surface area contributed by atoms with Crippen LogP contribution in [-0.2, 0) is 28.8 Å². The minimum Gasteiger partial charge on any atom is -0.508 e. The summed E-state index contributed by atoms with van der Waals surface area (Å²) >= 11 is 0. The number of piperidine rings is 3. The molecule has 460 valence electrons. The highest BCUT2D eigenvalue weighted by molar-refractivity contribution is 6.40. The van der Waals surface area contributed by atoms with Gasteiger partial charge in [0.25, 0.3) is 0 Å². The van der Waals surface area contributed by atoms with Gasteiger partial charge in [-0.3, -0.25) is 57.7 Å². The second kappa shape index (κ2) is 32.6. The monoisotopic (exact) mass is 1200 g/mol. The first-order valence-corrected chi connectivity index (χ1v) is 27.4. The SMILES string of the molecule is CC1CCC(c2ccc(O)cc2)NC1.C[C@@H]1CC[C@@H](c2ccc(O)cc2)N(C(=O)C(=O)Nc2cncc(C(N)=O)c2)C1.C[C@H]1CC[C@H](c2ccc(O)cc2)N(C(=O)C(=O)Nc2cncc(C(N)=O)c2)C1.NC(=O)c1cncc(NC(=O)C(=O)O)c1.[2H]CF. The molecule has 3 aliphatic rings. The van der Waals surface area contributed by atoms with Gasteiger partial charge in [0.1, 0.15) is 17.2 Å². The van der Waals surface area contributed by atoms with Crippen molar-refractivity contribution in [2.24, 2.45) is 35.0 Å². The summed E-state index contributed by atoms with van der Waals surface area (Å²) in [6.07, 6.45) is 13.5. The molecular weight excluding hydrogens is 1130 g/mol. The highest BCUT2D eigenvalue weighted by Gasteiger charge is 2.36. The molecule has 87 heavy (non-hydrogen) atoms. The van der Waals surface area contributed by atoms with Gasteiger partial charge in [-0.1, -0.05) is 57.2 Å². The van der Waals surface area contributed by atoms with Crippen molar-refractivity contribution in [3.8, 4) is 17.2 Å². The minimum absolute atomic E-state index is 0.0817. The Kier molecular flexibility index (Phi) is 24.7. The van der Waals surface area contributed by atoms with E-state index >= 15 is 0 Å². The molecule has 25 nitrogen and oxygen atoms in total. The van der Waals surface area contributed by atoms with Crippen molar-refractivity contribution in [1.82, 2.24) is 30.1 Å².